The standard InChI is InChI=1S/C20H17N3S/c1-15-2-4-16(5-3-15)19(17-6-9-21-10-7-17)23-12-11-22-20(23)18-8-13-24-14-18/h2-14,19H,1H3/t19-/m1/s1. The van der Waals surface area contributed by atoms with Gasteiger partial charge in [0.25, 0.3) is 0 Å². The summed E-state index contributed by atoms with van der Waals surface area (Å²) in [6.07, 6.45) is 7.61. The van der Waals surface area contributed by atoms with E-state index in [9.17, 15) is 0 Å². The molecule has 4 aromatic rings. The Hall–Kier alpha value is -2.72. The minimum Gasteiger partial charge on any atom is -0.319 e. The molecule has 1 atom stereocenters. The number of nitrogens with zero attached hydrogens (tertiary/aromatic N) is 3. The molecule has 0 aliphatic carbocycles. The Balaban J connectivity index is 1.88. The van der Waals surface area contributed by atoms with E-state index < -0.39 is 0 Å². The van der Waals surface area contributed by atoms with Crippen LogP contribution in [0.5, 0.6) is 0 Å². The second kappa shape index (κ2) is 6.42. The first-order chi connectivity index (χ1) is 11.8. The molecule has 0 bridgehead atoms. The van der Waals surface area contributed by atoms with Gasteiger partial charge in [-0.15, -0.1) is 0 Å². The van der Waals surface area contributed by atoms with Gasteiger partial charge >= 0.3 is 0 Å². The summed E-state index contributed by atoms with van der Waals surface area (Å²) in [7, 11) is 0. The fourth-order valence-electron chi connectivity index (χ4n) is 2.94. The third kappa shape index (κ3) is 2.76. The average molecular weight is 331 g/mol. The summed E-state index contributed by atoms with van der Waals surface area (Å²) in [5, 5.41) is 4.22. The normalized spacial score (nSPS) is 12.2. The van der Waals surface area contributed by atoms with Crippen molar-refractivity contribution in [3.63, 3.8) is 0 Å². The highest BCUT2D eigenvalue weighted by molar-refractivity contribution is 7.08. The van der Waals surface area contributed by atoms with Gasteiger partial charge in [0.1, 0.15) is 5.82 Å². The van der Waals surface area contributed by atoms with E-state index in [0.29, 0.717) is 0 Å². The maximum absolute atomic E-state index is 4.60. The van der Waals surface area contributed by atoms with Crippen LogP contribution in [-0.2, 0) is 0 Å². The molecule has 4 rings (SSSR count). The molecule has 3 nitrogen and oxygen atoms in total. The predicted octanol–water partition coefficient (Wildman–Crippen LogP) is 4.95. The number of thiophene rings is 1. The topological polar surface area (TPSA) is 30.7 Å². The van der Waals surface area contributed by atoms with Crippen LogP contribution in [0.4, 0.5) is 0 Å². The van der Waals surface area contributed by atoms with Crippen molar-refractivity contribution in [2.75, 3.05) is 0 Å². The van der Waals surface area contributed by atoms with E-state index >= 15 is 0 Å². The summed E-state index contributed by atoms with van der Waals surface area (Å²) >= 11 is 1.69. The van der Waals surface area contributed by atoms with Gasteiger partial charge in [0.2, 0.25) is 0 Å². The summed E-state index contributed by atoms with van der Waals surface area (Å²) in [4.78, 5) is 8.77. The van der Waals surface area contributed by atoms with Gasteiger partial charge in [-0.05, 0) is 41.6 Å². The molecule has 0 amide bonds. The van der Waals surface area contributed by atoms with E-state index in [1.54, 1.807) is 11.3 Å². The van der Waals surface area contributed by atoms with Crippen LogP contribution < -0.4 is 0 Å². The molecule has 0 unspecified atom stereocenters. The summed E-state index contributed by atoms with van der Waals surface area (Å²) in [6, 6.07) is 15.0. The van der Waals surface area contributed by atoms with Crippen LogP contribution in [-0.4, -0.2) is 14.5 Å². The molecule has 3 heterocycles. The number of imidazole rings is 1. The van der Waals surface area contributed by atoms with E-state index in [2.05, 4.69) is 80.9 Å². The van der Waals surface area contributed by atoms with Crippen molar-refractivity contribution in [2.45, 2.75) is 13.0 Å². The highest BCUT2D eigenvalue weighted by atomic mass is 32.1. The van der Waals surface area contributed by atoms with Crippen LogP contribution >= 0.6 is 11.3 Å². The van der Waals surface area contributed by atoms with Gasteiger partial charge in [0, 0.05) is 35.7 Å². The molecule has 3 aromatic heterocycles. The zero-order valence-corrected chi connectivity index (χ0v) is 14.1. The van der Waals surface area contributed by atoms with Crippen molar-refractivity contribution in [2.24, 2.45) is 0 Å². The van der Waals surface area contributed by atoms with Crippen molar-refractivity contribution in [3.05, 3.63) is 94.7 Å². The number of aryl methyl sites for hydroxylation is 1. The first kappa shape index (κ1) is 14.8. The van der Waals surface area contributed by atoms with Crippen molar-refractivity contribution < 1.29 is 0 Å². The molecule has 0 spiro atoms. The van der Waals surface area contributed by atoms with Crippen molar-refractivity contribution in [1.82, 2.24) is 14.5 Å². The Morgan fingerprint density at radius 1 is 0.917 bits per heavy atom. The van der Waals surface area contributed by atoms with Gasteiger partial charge in [0.05, 0.1) is 6.04 Å². The van der Waals surface area contributed by atoms with Crippen molar-refractivity contribution in [1.29, 1.82) is 0 Å². The highest BCUT2D eigenvalue weighted by Crippen LogP contribution is 2.31. The SMILES string of the molecule is Cc1ccc([C@H](c2ccncc2)n2ccnc2-c2ccsc2)cc1. The first-order valence-electron chi connectivity index (χ1n) is 7.85. The summed E-state index contributed by atoms with van der Waals surface area (Å²) in [5.41, 5.74) is 4.84. The van der Waals surface area contributed by atoms with Crippen LogP contribution in [0.2, 0.25) is 0 Å². The number of hydrogen-bond acceptors (Lipinski definition) is 3. The van der Waals surface area contributed by atoms with Crippen molar-refractivity contribution >= 4 is 11.3 Å². The molecule has 0 aliphatic rings. The third-order valence-electron chi connectivity index (χ3n) is 4.14. The van der Waals surface area contributed by atoms with Crippen LogP contribution in [0.3, 0.4) is 0 Å². The van der Waals surface area contributed by atoms with Gasteiger partial charge in [-0.2, -0.15) is 11.3 Å². The quantitative estimate of drug-likeness (QED) is 0.529. The molecular formula is C20H17N3S. The average Bonchev–Trinajstić information content (AvgIpc) is 3.29. The van der Waals surface area contributed by atoms with Crippen LogP contribution in [0.25, 0.3) is 11.4 Å². The van der Waals surface area contributed by atoms with Crippen LogP contribution in [0.1, 0.15) is 22.7 Å². The summed E-state index contributed by atoms with van der Waals surface area (Å²) in [6.45, 7) is 2.11. The number of rotatable bonds is 4. The zero-order chi connectivity index (χ0) is 16.4. The van der Waals surface area contributed by atoms with Gasteiger partial charge in [-0.25, -0.2) is 4.98 Å². The lowest BCUT2D eigenvalue weighted by Gasteiger charge is -2.22. The number of aromatic nitrogens is 3. The Morgan fingerprint density at radius 3 is 2.38 bits per heavy atom. The Bertz CT molecular complexity index is 909. The second-order valence-electron chi connectivity index (χ2n) is 5.76. The molecule has 0 N–H and O–H groups in total. The Kier molecular flexibility index (Phi) is 3.97. The zero-order valence-electron chi connectivity index (χ0n) is 13.3. The maximum Gasteiger partial charge on any atom is 0.141 e. The monoisotopic (exact) mass is 331 g/mol. The molecule has 0 aliphatic heterocycles. The molecule has 118 valence electrons. The van der Waals surface area contributed by atoms with E-state index in [4.69, 9.17) is 0 Å². The third-order valence-corrected chi connectivity index (χ3v) is 4.82. The van der Waals surface area contributed by atoms with E-state index in [1.165, 1.54) is 16.7 Å². The number of benzene rings is 1. The molecule has 0 radical (unpaired) electrons. The molecular weight excluding hydrogens is 314 g/mol. The molecule has 0 fully saturated rings. The van der Waals surface area contributed by atoms with E-state index in [-0.39, 0.29) is 6.04 Å². The maximum atomic E-state index is 4.60. The van der Waals surface area contributed by atoms with Crippen molar-refractivity contribution in [3.8, 4) is 11.4 Å². The first-order valence-corrected chi connectivity index (χ1v) is 8.79. The molecule has 0 saturated heterocycles. The van der Waals surface area contributed by atoms with Gasteiger partial charge in [-0.3, -0.25) is 4.98 Å². The van der Waals surface area contributed by atoms with E-state index in [1.807, 2.05) is 18.6 Å². The Morgan fingerprint density at radius 2 is 1.67 bits per heavy atom. The molecule has 1 aromatic carbocycles. The van der Waals surface area contributed by atoms with Gasteiger partial charge < -0.3 is 4.57 Å². The largest absolute Gasteiger partial charge is 0.319 e. The van der Waals surface area contributed by atoms with Gasteiger partial charge in [0.15, 0.2) is 0 Å². The predicted molar refractivity (Wildman–Crippen MR) is 98.2 cm³/mol. The second-order valence-corrected chi connectivity index (χ2v) is 6.54. The fourth-order valence-corrected chi connectivity index (χ4v) is 3.58. The van der Waals surface area contributed by atoms with Gasteiger partial charge in [-0.1, -0.05) is 29.8 Å². The Labute approximate surface area is 145 Å². The molecule has 24 heavy (non-hydrogen) atoms. The van der Waals surface area contributed by atoms with Crippen LogP contribution in [0, 0.1) is 6.92 Å². The smallest absolute Gasteiger partial charge is 0.141 e. The van der Waals surface area contributed by atoms with Crippen LogP contribution in [0.15, 0.2) is 78.0 Å². The summed E-state index contributed by atoms with van der Waals surface area (Å²) < 4.78 is 2.24. The number of pyridine rings is 1. The lowest BCUT2D eigenvalue weighted by Crippen LogP contribution is -2.13. The minimum absolute atomic E-state index is 0.0750. The fraction of sp³-hybridized carbons (Fsp3) is 0.100. The number of hydrogen-bond donors (Lipinski definition) is 0. The summed E-state index contributed by atoms with van der Waals surface area (Å²) in [5.74, 6) is 0.985. The molecule has 0 saturated carbocycles. The highest BCUT2D eigenvalue weighted by Gasteiger charge is 2.20. The minimum atomic E-state index is 0.0750. The lowest BCUT2D eigenvalue weighted by molar-refractivity contribution is 0.683. The van der Waals surface area contributed by atoms with E-state index in [0.717, 1.165) is 11.4 Å². The molecule has 4 heteroatoms. The lowest BCUT2D eigenvalue weighted by atomic mass is 9.98.